The standard InChI is InChI=1S/C41H40F3N5O2/c1-47(30-36-12-6-8-24-45-36)26-27-48(2)40(51)38(28-32-10-4-3-5-11-32)49(29-33-14-19-34(20-15-33)37-13-7-9-25-46-37)39(50)23-18-31-16-21-35(22-17-31)41(42,43)44/h3-25,38H,26-30H2,1-2H3. The molecular formula is C41H40F3N5O2. The summed E-state index contributed by atoms with van der Waals surface area (Å²) in [7, 11) is 3.70. The van der Waals surface area contributed by atoms with Gasteiger partial charge in [0.05, 0.1) is 17.0 Å². The summed E-state index contributed by atoms with van der Waals surface area (Å²) < 4.78 is 39.5. The molecule has 7 nitrogen and oxygen atoms in total. The zero-order valence-corrected chi connectivity index (χ0v) is 28.6. The molecule has 2 aromatic heterocycles. The zero-order chi connectivity index (χ0) is 36.2. The van der Waals surface area contributed by atoms with Crippen molar-refractivity contribution in [1.82, 2.24) is 24.7 Å². The van der Waals surface area contributed by atoms with Gasteiger partial charge in [0.2, 0.25) is 11.8 Å². The monoisotopic (exact) mass is 691 g/mol. The van der Waals surface area contributed by atoms with E-state index in [1.165, 1.54) is 24.3 Å². The Morgan fingerprint density at radius 2 is 1.39 bits per heavy atom. The van der Waals surface area contributed by atoms with Crippen LogP contribution in [0.5, 0.6) is 0 Å². The maximum absolute atomic E-state index is 14.4. The van der Waals surface area contributed by atoms with E-state index in [2.05, 4.69) is 14.9 Å². The molecule has 0 bridgehead atoms. The highest BCUT2D eigenvalue weighted by Crippen LogP contribution is 2.29. The van der Waals surface area contributed by atoms with Gasteiger partial charge >= 0.3 is 6.18 Å². The number of pyridine rings is 2. The molecule has 0 saturated carbocycles. The third-order valence-corrected chi connectivity index (χ3v) is 8.49. The Bertz CT molecular complexity index is 1870. The molecule has 51 heavy (non-hydrogen) atoms. The molecule has 262 valence electrons. The van der Waals surface area contributed by atoms with E-state index in [1.807, 2.05) is 98.0 Å². The van der Waals surface area contributed by atoms with Gasteiger partial charge in [-0.25, -0.2) is 0 Å². The SMILES string of the molecule is CN(CCN(C)C(=O)C(Cc1ccccc1)N(Cc1ccc(-c2ccccn2)cc1)C(=O)C=Cc1ccc(C(F)(F)F)cc1)Cc1ccccn1. The zero-order valence-electron chi connectivity index (χ0n) is 28.6. The fraction of sp³-hybridized carbons (Fsp3) is 0.220. The van der Waals surface area contributed by atoms with E-state index in [1.54, 1.807) is 29.2 Å². The number of likely N-dealkylation sites (N-methyl/N-ethyl adjacent to an activating group) is 2. The second-order valence-electron chi connectivity index (χ2n) is 12.4. The van der Waals surface area contributed by atoms with Gasteiger partial charge in [-0.2, -0.15) is 13.2 Å². The second-order valence-corrected chi connectivity index (χ2v) is 12.4. The van der Waals surface area contributed by atoms with Gasteiger partial charge in [-0.1, -0.05) is 78.9 Å². The van der Waals surface area contributed by atoms with Crippen molar-refractivity contribution in [1.29, 1.82) is 0 Å². The molecule has 3 aromatic carbocycles. The number of nitrogens with zero attached hydrogens (tertiary/aromatic N) is 5. The number of rotatable bonds is 14. The van der Waals surface area contributed by atoms with E-state index in [4.69, 9.17) is 0 Å². The summed E-state index contributed by atoms with van der Waals surface area (Å²) in [4.78, 5) is 42.6. The molecule has 0 fully saturated rings. The van der Waals surface area contributed by atoms with E-state index in [0.717, 1.165) is 40.2 Å². The van der Waals surface area contributed by atoms with Crippen LogP contribution in [0, 0.1) is 0 Å². The third-order valence-electron chi connectivity index (χ3n) is 8.49. The summed E-state index contributed by atoms with van der Waals surface area (Å²) in [5, 5.41) is 0. The van der Waals surface area contributed by atoms with Crippen LogP contribution in [-0.4, -0.2) is 69.7 Å². The van der Waals surface area contributed by atoms with E-state index in [-0.39, 0.29) is 18.9 Å². The number of alkyl halides is 3. The molecule has 0 saturated heterocycles. The second kappa shape index (κ2) is 17.4. The minimum Gasteiger partial charge on any atom is -0.343 e. The molecule has 1 unspecified atom stereocenters. The first-order valence-electron chi connectivity index (χ1n) is 16.6. The number of hydrogen-bond donors (Lipinski definition) is 0. The van der Waals surface area contributed by atoms with Gasteiger partial charge in [0.15, 0.2) is 0 Å². The first-order chi connectivity index (χ1) is 24.6. The van der Waals surface area contributed by atoms with Crippen molar-refractivity contribution < 1.29 is 22.8 Å². The Kier molecular flexibility index (Phi) is 12.5. The molecule has 0 N–H and O–H groups in total. The van der Waals surface area contributed by atoms with Crippen molar-refractivity contribution in [3.63, 3.8) is 0 Å². The lowest BCUT2D eigenvalue weighted by atomic mass is 10.0. The highest BCUT2D eigenvalue weighted by molar-refractivity contribution is 5.95. The van der Waals surface area contributed by atoms with Crippen molar-refractivity contribution in [2.24, 2.45) is 0 Å². The Balaban J connectivity index is 1.42. The van der Waals surface area contributed by atoms with Crippen LogP contribution in [0.3, 0.4) is 0 Å². The molecule has 0 aliphatic carbocycles. The molecule has 0 aliphatic rings. The minimum atomic E-state index is -4.47. The van der Waals surface area contributed by atoms with Crippen LogP contribution in [0.4, 0.5) is 13.2 Å². The summed E-state index contributed by atoms with van der Waals surface area (Å²) in [5.74, 6) is -0.676. The number of carbonyl (C=O) groups excluding carboxylic acids is 2. The first-order valence-corrected chi connectivity index (χ1v) is 16.6. The predicted octanol–water partition coefficient (Wildman–Crippen LogP) is 7.41. The maximum Gasteiger partial charge on any atom is 0.416 e. The van der Waals surface area contributed by atoms with Gasteiger partial charge in [-0.15, -0.1) is 0 Å². The van der Waals surface area contributed by atoms with Crippen LogP contribution in [0.1, 0.15) is 27.9 Å². The third kappa shape index (κ3) is 10.7. The highest BCUT2D eigenvalue weighted by atomic mass is 19.4. The molecule has 2 heterocycles. The summed E-state index contributed by atoms with van der Waals surface area (Å²) in [6.45, 7) is 1.72. The van der Waals surface area contributed by atoms with E-state index >= 15 is 0 Å². The lowest BCUT2D eigenvalue weighted by molar-refractivity contribution is -0.143. The van der Waals surface area contributed by atoms with Crippen LogP contribution in [0.2, 0.25) is 0 Å². The Hall–Kier alpha value is -5.61. The summed E-state index contributed by atoms with van der Waals surface area (Å²) >= 11 is 0. The van der Waals surface area contributed by atoms with Crippen LogP contribution < -0.4 is 0 Å². The fourth-order valence-electron chi connectivity index (χ4n) is 5.60. The average molecular weight is 692 g/mol. The number of carbonyl (C=O) groups is 2. The average Bonchev–Trinajstić information content (AvgIpc) is 3.15. The van der Waals surface area contributed by atoms with Crippen LogP contribution in [-0.2, 0) is 35.3 Å². The lowest BCUT2D eigenvalue weighted by Gasteiger charge is -2.34. The fourth-order valence-corrected chi connectivity index (χ4v) is 5.60. The quantitative estimate of drug-likeness (QED) is 0.114. The maximum atomic E-state index is 14.4. The highest BCUT2D eigenvalue weighted by Gasteiger charge is 2.32. The molecule has 1 atom stereocenters. The normalized spacial score (nSPS) is 12.2. The number of benzene rings is 3. The predicted molar refractivity (Wildman–Crippen MR) is 193 cm³/mol. The molecule has 5 rings (SSSR count). The van der Waals surface area contributed by atoms with Crippen molar-refractivity contribution >= 4 is 17.9 Å². The molecule has 5 aromatic rings. The summed E-state index contributed by atoms with van der Waals surface area (Å²) in [6, 6.07) is 32.3. The van der Waals surface area contributed by atoms with Gasteiger partial charge in [-0.05, 0) is 66.2 Å². The van der Waals surface area contributed by atoms with E-state index in [0.29, 0.717) is 25.2 Å². The largest absolute Gasteiger partial charge is 0.416 e. The van der Waals surface area contributed by atoms with Gasteiger partial charge in [-0.3, -0.25) is 24.5 Å². The summed E-state index contributed by atoms with van der Waals surface area (Å²) in [5.41, 5.74) is 3.97. The van der Waals surface area contributed by atoms with Gasteiger partial charge in [0, 0.05) is 63.7 Å². The first kappa shape index (κ1) is 36.7. The number of hydrogen-bond acceptors (Lipinski definition) is 5. The Labute approximate surface area is 296 Å². The Morgan fingerprint density at radius 1 is 0.725 bits per heavy atom. The van der Waals surface area contributed by atoms with Crippen molar-refractivity contribution in [3.8, 4) is 11.3 Å². The van der Waals surface area contributed by atoms with Gasteiger partial charge in [0.25, 0.3) is 0 Å². The van der Waals surface area contributed by atoms with E-state index < -0.39 is 23.7 Å². The number of halogens is 3. The van der Waals surface area contributed by atoms with Crippen LogP contribution in [0.15, 0.2) is 134 Å². The van der Waals surface area contributed by atoms with E-state index in [9.17, 15) is 22.8 Å². The van der Waals surface area contributed by atoms with Gasteiger partial charge in [0.1, 0.15) is 6.04 Å². The van der Waals surface area contributed by atoms with Crippen LogP contribution >= 0.6 is 0 Å². The molecular weight excluding hydrogens is 651 g/mol. The molecule has 2 amide bonds. The number of amides is 2. The molecule has 0 radical (unpaired) electrons. The van der Waals surface area contributed by atoms with Gasteiger partial charge < -0.3 is 9.80 Å². The van der Waals surface area contributed by atoms with Crippen molar-refractivity contribution in [3.05, 3.63) is 162 Å². The molecule has 10 heteroatoms. The minimum absolute atomic E-state index is 0.120. The lowest BCUT2D eigenvalue weighted by Crippen LogP contribution is -2.51. The summed E-state index contributed by atoms with van der Waals surface area (Å²) in [6.07, 6.45) is 2.05. The smallest absolute Gasteiger partial charge is 0.343 e. The molecule has 0 spiro atoms. The number of aromatic nitrogens is 2. The van der Waals surface area contributed by atoms with Crippen molar-refractivity contribution in [2.45, 2.75) is 31.7 Å². The molecule has 0 aliphatic heterocycles. The Morgan fingerprint density at radius 3 is 2.02 bits per heavy atom. The van der Waals surface area contributed by atoms with Crippen LogP contribution in [0.25, 0.3) is 17.3 Å². The van der Waals surface area contributed by atoms with Crippen molar-refractivity contribution in [2.75, 3.05) is 27.2 Å². The topological polar surface area (TPSA) is 69.6 Å².